The van der Waals surface area contributed by atoms with Crippen molar-refractivity contribution < 1.29 is 24.2 Å². The van der Waals surface area contributed by atoms with Crippen LogP contribution in [0.15, 0.2) is 23.8 Å². The average molecular weight is 407 g/mol. The van der Waals surface area contributed by atoms with Gasteiger partial charge in [-0.3, -0.25) is 9.59 Å². The molecule has 0 aromatic heterocycles. The van der Waals surface area contributed by atoms with E-state index >= 15 is 0 Å². The van der Waals surface area contributed by atoms with Crippen LogP contribution >= 0.6 is 0 Å². The van der Waals surface area contributed by atoms with Crippen molar-refractivity contribution in [2.24, 2.45) is 23.7 Å². The second-order valence-corrected chi connectivity index (χ2v) is 9.57. The van der Waals surface area contributed by atoms with Crippen molar-refractivity contribution in [2.45, 2.75) is 91.5 Å². The molecule has 1 unspecified atom stereocenters. The van der Waals surface area contributed by atoms with Crippen LogP contribution < -0.4 is 0 Å². The molecule has 5 heteroatoms. The zero-order valence-corrected chi connectivity index (χ0v) is 18.9. The predicted molar refractivity (Wildman–Crippen MR) is 113 cm³/mol. The van der Waals surface area contributed by atoms with Crippen LogP contribution in [0, 0.1) is 23.7 Å². The number of carbonyl (C=O) groups excluding carboxylic acids is 2. The fourth-order valence-corrected chi connectivity index (χ4v) is 5.31. The van der Waals surface area contributed by atoms with Gasteiger partial charge in [0.15, 0.2) is 0 Å². The second-order valence-electron chi connectivity index (χ2n) is 9.57. The number of rotatable bonds is 3. The Morgan fingerprint density at radius 3 is 2.38 bits per heavy atom. The number of allylic oxidation sites excluding steroid dienone is 2. The molecule has 2 rings (SSSR count). The van der Waals surface area contributed by atoms with Crippen molar-refractivity contribution in [3.8, 4) is 0 Å². The first-order valence-corrected chi connectivity index (χ1v) is 10.8. The summed E-state index contributed by atoms with van der Waals surface area (Å²) in [5.74, 6) is 0.0226. The summed E-state index contributed by atoms with van der Waals surface area (Å²) in [4.78, 5) is 23.6. The van der Waals surface area contributed by atoms with E-state index in [1.807, 2.05) is 6.92 Å². The Balaban J connectivity index is 2.54. The molecule has 0 aromatic rings. The minimum atomic E-state index is -0.955. The monoisotopic (exact) mass is 406 g/mol. The van der Waals surface area contributed by atoms with E-state index in [1.165, 1.54) is 19.4 Å². The first kappa shape index (κ1) is 23.7. The summed E-state index contributed by atoms with van der Waals surface area (Å²) in [5, 5.41) is 11.4. The number of hydrogen-bond donors (Lipinski definition) is 1. The summed E-state index contributed by atoms with van der Waals surface area (Å²) < 4.78 is 11.3. The van der Waals surface area contributed by atoms with Crippen LogP contribution in [-0.2, 0) is 19.1 Å². The Kier molecular flexibility index (Phi) is 7.72. The number of esters is 2. The summed E-state index contributed by atoms with van der Waals surface area (Å²) in [6, 6.07) is 0. The lowest BCUT2D eigenvalue weighted by Crippen LogP contribution is -2.53. The van der Waals surface area contributed by atoms with Gasteiger partial charge in [0.05, 0.1) is 5.60 Å². The first-order valence-electron chi connectivity index (χ1n) is 10.8. The van der Waals surface area contributed by atoms with Crippen LogP contribution in [0.2, 0.25) is 0 Å². The molecule has 6 atom stereocenters. The highest BCUT2D eigenvalue weighted by Gasteiger charge is 2.50. The maximum Gasteiger partial charge on any atom is 0.303 e. The fourth-order valence-electron chi connectivity index (χ4n) is 5.31. The third-order valence-electron chi connectivity index (χ3n) is 6.69. The van der Waals surface area contributed by atoms with Crippen LogP contribution in [0.3, 0.4) is 0 Å². The van der Waals surface area contributed by atoms with Gasteiger partial charge < -0.3 is 14.6 Å². The second kappa shape index (κ2) is 9.46. The van der Waals surface area contributed by atoms with Gasteiger partial charge in [-0.2, -0.15) is 0 Å². The van der Waals surface area contributed by atoms with Gasteiger partial charge in [-0.1, -0.05) is 32.1 Å². The third-order valence-corrected chi connectivity index (χ3v) is 6.69. The van der Waals surface area contributed by atoms with E-state index in [0.29, 0.717) is 31.1 Å². The van der Waals surface area contributed by atoms with Crippen molar-refractivity contribution in [2.75, 3.05) is 0 Å². The molecule has 0 bridgehead atoms. The molecule has 0 spiro atoms. The molecule has 2 aliphatic carbocycles. The Morgan fingerprint density at radius 1 is 1.21 bits per heavy atom. The lowest BCUT2D eigenvalue weighted by Gasteiger charge is -2.50. The normalized spacial score (nSPS) is 37.9. The molecule has 1 fully saturated rings. The zero-order chi connectivity index (χ0) is 21.9. The Morgan fingerprint density at radius 2 is 1.83 bits per heavy atom. The van der Waals surface area contributed by atoms with Gasteiger partial charge in [0.2, 0.25) is 0 Å². The number of fused-ring (bicyclic) bond motifs is 1. The molecule has 1 N–H and O–H groups in total. The molecular weight excluding hydrogens is 368 g/mol. The van der Waals surface area contributed by atoms with Gasteiger partial charge >= 0.3 is 11.9 Å². The smallest absolute Gasteiger partial charge is 0.303 e. The van der Waals surface area contributed by atoms with Gasteiger partial charge in [-0.25, -0.2) is 0 Å². The molecule has 0 aliphatic heterocycles. The molecule has 2 aliphatic rings. The van der Waals surface area contributed by atoms with E-state index in [1.54, 1.807) is 0 Å². The maximum atomic E-state index is 12.0. The highest BCUT2D eigenvalue weighted by molar-refractivity contribution is 5.67. The van der Waals surface area contributed by atoms with E-state index < -0.39 is 17.8 Å². The Hall–Kier alpha value is -1.62. The third kappa shape index (κ3) is 5.94. The van der Waals surface area contributed by atoms with Crippen molar-refractivity contribution in [1.82, 2.24) is 0 Å². The van der Waals surface area contributed by atoms with Crippen molar-refractivity contribution in [1.29, 1.82) is 0 Å². The lowest BCUT2D eigenvalue weighted by atomic mass is 9.59. The number of carbonyl (C=O) groups is 2. The summed E-state index contributed by atoms with van der Waals surface area (Å²) >= 11 is 0. The van der Waals surface area contributed by atoms with E-state index in [2.05, 4.69) is 33.4 Å². The predicted octanol–water partition coefficient (Wildman–Crippen LogP) is 4.59. The summed E-state index contributed by atoms with van der Waals surface area (Å²) in [6.45, 7) is 15.4. The molecule has 0 heterocycles. The Labute approximate surface area is 175 Å². The van der Waals surface area contributed by atoms with Crippen LogP contribution in [0.1, 0.15) is 73.6 Å². The summed E-state index contributed by atoms with van der Waals surface area (Å²) in [7, 11) is 0. The van der Waals surface area contributed by atoms with Crippen molar-refractivity contribution in [3.05, 3.63) is 23.8 Å². The average Bonchev–Trinajstić information content (AvgIpc) is 2.55. The van der Waals surface area contributed by atoms with E-state index in [-0.39, 0.29) is 23.8 Å². The number of aliphatic hydroxyl groups is 1. The minimum absolute atomic E-state index is 0.112. The molecule has 164 valence electrons. The van der Waals surface area contributed by atoms with Crippen LogP contribution in [0.5, 0.6) is 0 Å². The zero-order valence-electron chi connectivity index (χ0n) is 18.9. The topological polar surface area (TPSA) is 72.8 Å². The fraction of sp³-hybridized carbons (Fsp3) is 0.750. The van der Waals surface area contributed by atoms with Crippen LogP contribution in [0.4, 0.5) is 0 Å². The highest BCUT2D eigenvalue weighted by Crippen LogP contribution is 2.49. The van der Waals surface area contributed by atoms with E-state index in [4.69, 9.17) is 9.47 Å². The van der Waals surface area contributed by atoms with E-state index in [9.17, 15) is 14.7 Å². The first-order chi connectivity index (χ1) is 13.4. The van der Waals surface area contributed by atoms with Gasteiger partial charge in [0, 0.05) is 26.2 Å². The molecule has 0 saturated heterocycles. The number of ether oxygens (including phenoxy) is 2. The van der Waals surface area contributed by atoms with E-state index in [0.717, 1.165) is 18.4 Å². The summed E-state index contributed by atoms with van der Waals surface area (Å²) in [6.07, 6.45) is 4.80. The van der Waals surface area contributed by atoms with Gasteiger partial charge in [0.25, 0.3) is 0 Å². The minimum Gasteiger partial charge on any atom is -0.462 e. The number of hydrogen-bond acceptors (Lipinski definition) is 5. The molecule has 1 saturated carbocycles. The Bertz CT molecular complexity index is 660. The quantitative estimate of drug-likeness (QED) is 0.548. The summed E-state index contributed by atoms with van der Waals surface area (Å²) in [5.41, 5.74) is 0.989. The lowest BCUT2D eigenvalue weighted by molar-refractivity contribution is -0.167. The molecule has 0 amide bonds. The SMILES string of the molecule is C=C1CC(OC(C)=O)[C@@H]2[C@H](/C=C(/C)CC[C@H]1OC(C)=O)[C@@H](C(C)C)CC[C@@]2(C)O. The largest absolute Gasteiger partial charge is 0.462 e. The highest BCUT2D eigenvalue weighted by atomic mass is 16.5. The molecule has 29 heavy (non-hydrogen) atoms. The van der Waals surface area contributed by atoms with Gasteiger partial charge in [-0.15, -0.1) is 0 Å². The standard InChI is InChI=1S/C24H38O5/c1-14(2)19-10-11-24(7,27)23-20(19)12-15(3)8-9-21(28-17(5)25)16(4)13-22(23)29-18(6)26/h12,14,19-23,27H,4,8-11,13H2,1-3,5-7H3/b15-12-/t19-,20-,21-,22?,23+,24-/m1/s1. The van der Waals surface area contributed by atoms with Crippen LogP contribution in [0.25, 0.3) is 0 Å². The van der Waals surface area contributed by atoms with Gasteiger partial charge in [0.1, 0.15) is 12.2 Å². The molecule has 0 aromatic carbocycles. The van der Waals surface area contributed by atoms with Crippen molar-refractivity contribution >= 4 is 11.9 Å². The maximum absolute atomic E-state index is 12.0. The van der Waals surface area contributed by atoms with Gasteiger partial charge in [-0.05, 0) is 62.9 Å². The molecular formula is C24H38O5. The van der Waals surface area contributed by atoms with Crippen LogP contribution in [-0.4, -0.2) is 34.9 Å². The van der Waals surface area contributed by atoms with Crippen molar-refractivity contribution in [3.63, 3.8) is 0 Å². The molecule has 0 radical (unpaired) electrons. The molecule has 5 nitrogen and oxygen atoms in total.